The second kappa shape index (κ2) is 14.3. The summed E-state index contributed by atoms with van der Waals surface area (Å²) in [6.45, 7) is 0.463. The molecule has 6 heteroatoms. The van der Waals surface area contributed by atoms with Gasteiger partial charge in [0.15, 0.2) is 13.6 Å². The molecule has 0 aliphatic heterocycles. The molecule has 48 heavy (non-hydrogen) atoms. The van der Waals surface area contributed by atoms with Crippen LogP contribution in [0.3, 0.4) is 0 Å². The van der Waals surface area contributed by atoms with Crippen molar-refractivity contribution >= 4 is 54.5 Å². The number of ether oxygens (including phenoxy) is 4. The van der Waals surface area contributed by atoms with Crippen LogP contribution in [0.4, 0.5) is 17.1 Å². The molecule has 0 aliphatic carbocycles. The van der Waals surface area contributed by atoms with Crippen LogP contribution < -0.4 is 14.4 Å². The van der Waals surface area contributed by atoms with Crippen molar-refractivity contribution in [3.05, 3.63) is 150 Å². The fourth-order valence-corrected chi connectivity index (χ4v) is 6.15. The summed E-state index contributed by atoms with van der Waals surface area (Å²) in [6.07, 6.45) is 0. The molecular weight excluding hydrogens is 662 g/mol. The number of rotatable bonds is 11. The summed E-state index contributed by atoms with van der Waals surface area (Å²) in [6, 6.07) is 51.1. The Hall–Kier alpha value is -5.14. The van der Waals surface area contributed by atoms with E-state index in [0.29, 0.717) is 0 Å². The van der Waals surface area contributed by atoms with Crippen LogP contribution in [0.1, 0.15) is 0 Å². The van der Waals surface area contributed by atoms with E-state index < -0.39 is 0 Å². The smallest absolute Gasteiger partial charge is 0.188 e. The van der Waals surface area contributed by atoms with Gasteiger partial charge in [-0.3, -0.25) is 0 Å². The molecule has 0 N–H and O–H groups in total. The van der Waals surface area contributed by atoms with Crippen LogP contribution in [0.5, 0.6) is 11.5 Å². The monoisotopic (exact) mass is 695 g/mol. The molecule has 0 amide bonds. The summed E-state index contributed by atoms with van der Waals surface area (Å²) < 4.78 is 22.3. The lowest BCUT2D eigenvalue weighted by molar-refractivity contribution is 0.0510. The number of halogens is 1. The second-order valence-electron chi connectivity index (χ2n) is 11.5. The van der Waals surface area contributed by atoms with Gasteiger partial charge in [-0.25, -0.2) is 0 Å². The van der Waals surface area contributed by atoms with E-state index in [1.807, 2.05) is 24.3 Å². The Bertz CT molecular complexity index is 2030. The summed E-state index contributed by atoms with van der Waals surface area (Å²) in [5, 5.41) is 4.56. The zero-order valence-corrected chi connectivity index (χ0v) is 28.3. The zero-order chi connectivity index (χ0) is 32.9. The Morgan fingerprint density at radius 3 is 1.19 bits per heavy atom. The highest BCUT2D eigenvalue weighted by Gasteiger charge is 2.14. The van der Waals surface area contributed by atoms with E-state index in [9.17, 15) is 0 Å². The molecule has 0 saturated carbocycles. The average molecular weight is 697 g/mol. The molecule has 5 nitrogen and oxygen atoms in total. The van der Waals surface area contributed by atoms with Crippen molar-refractivity contribution in [3.8, 4) is 33.8 Å². The van der Waals surface area contributed by atoms with Gasteiger partial charge >= 0.3 is 0 Å². The summed E-state index contributed by atoms with van der Waals surface area (Å²) in [4.78, 5) is 2.28. The van der Waals surface area contributed by atoms with E-state index in [-0.39, 0.29) is 13.6 Å². The van der Waals surface area contributed by atoms with Gasteiger partial charge in [0.25, 0.3) is 0 Å². The van der Waals surface area contributed by atoms with Crippen molar-refractivity contribution in [1.29, 1.82) is 0 Å². The number of hydrogen-bond acceptors (Lipinski definition) is 5. The SMILES string of the molecule is COCOc1ccc2cc(-c3ccc(N(c4ccc(Br)cc4)c4ccc(-c5ccc6cc(OCOC)ccc6c5)cc4)cc3)ccc2c1. The largest absolute Gasteiger partial charge is 0.468 e. The fraction of sp³-hybridized carbons (Fsp3) is 0.0952. The highest BCUT2D eigenvalue weighted by atomic mass is 79.9. The molecule has 0 saturated heterocycles. The van der Waals surface area contributed by atoms with E-state index >= 15 is 0 Å². The first-order valence-corrected chi connectivity index (χ1v) is 16.4. The topological polar surface area (TPSA) is 40.2 Å². The average Bonchev–Trinajstić information content (AvgIpc) is 3.14. The summed E-state index contributed by atoms with van der Waals surface area (Å²) in [5.74, 6) is 1.59. The molecule has 0 heterocycles. The van der Waals surface area contributed by atoms with Crippen molar-refractivity contribution in [3.63, 3.8) is 0 Å². The molecule has 0 bridgehead atoms. The van der Waals surface area contributed by atoms with E-state index in [1.165, 1.54) is 0 Å². The van der Waals surface area contributed by atoms with Gasteiger partial charge in [-0.2, -0.15) is 0 Å². The lowest BCUT2D eigenvalue weighted by atomic mass is 10.00. The quantitative estimate of drug-likeness (QED) is 0.126. The minimum atomic E-state index is 0.231. The first-order valence-electron chi connectivity index (χ1n) is 15.7. The highest BCUT2D eigenvalue weighted by molar-refractivity contribution is 9.10. The lowest BCUT2D eigenvalue weighted by Crippen LogP contribution is -2.09. The molecule has 0 aromatic heterocycles. The number of methoxy groups -OCH3 is 2. The number of nitrogens with zero attached hydrogens (tertiary/aromatic N) is 1. The highest BCUT2D eigenvalue weighted by Crippen LogP contribution is 2.38. The molecule has 0 unspecified atom stereocenters. The van der Waals surface area contributed by atoms with Gasteiger partial charge < -0.3 is 23.8 Å². The normalized spacial score (nSPS) is 11.1. The van der Waals surface area contributed by atoms with Crippen LogP contribution in [-0.4, -0.2) is 27.8 Å². The van der Waals surface area contributed by atoms with Gasteiger partial charge in [0, 0.05) is 35.8 Å². The van der Waals surface area contributed by atoms with Crippen LogP contribution in [0.2, 0.25) is 0 Å². The van der Waals surface area contributed by atoms with Gasteiger partial charge in [-0.15, -0.1) is 0 Å². The Morgan fingerprint density at radius 1 is 0.417 bits per heavy atom. The van der Waals surface area contributed by atoms with Crippen LogP contribution in [-0.2, 0) is 9.47 Å². The molecule has 0 radical (unpaired) electrons. The molecule has 0 atom stereocenters. The van der Waals surface area contributed by atoms with Crippen molar-refractivity contribution < 1.29 is 18.9 Å². The van der Waals surface area contributed by atoms with E-state index in [2.05, 4.69) is 142 Å². The van der Waals surface area contributed by atoms with Crippen LogP contribution >= 0.6 is 15.9 Å². The first kappa shape index (κ1) is 31.5. The maximum Gasteiger partial charge on any atom is 0.188 e. The predicted octanol–water partition coefficient (Wildman–Crippen LogP) is 11.5. The first-order chi connectivity index (χ1) is 23.6. The molecule has 7 aromatic carbocycles. The summed E-state index contributed by atoms with van der Waals surface area (Å²) in [5.41, 5.74) is 7.86. The lowest BCUT2D eigenvalue weighted by Gasteiger charge is -2.26. The minimum absolute atomic E-state index is 0.231. The number of hydrogen-bond donors (Lipinski definition) is 0. The van der Waals surface area contributed by atoms with Crippen LogP contribution in [0, 0.1) is 0 Å². The summed E-state index contributed by atoms with van der Waals surface area (Å²) >= 11 is 3.60. The molecule has 238 valence electrons. The van der Waals surface area contributed by atoms with Gasteiger partial charge in [-0.1, -0.05) is 76.6 Å². The number of benzene rings is 7. The Morgan fingerprint density at radius 2 is 0.771 bits per heavy atom. The fourth-order valence-electron chi connectivity index (χ4n) is 5.88. The van der Waals surface area contributed by atoms with E-state index in [4.69, 9.17) is 18.9 Å². The molecule has 0 aliphatic rings. The molecule has 7 rings (SSSR count). The maximum absolute atomic E-state index is 5.61. The van der Waals surface area contributed by atoms with Gasteiger partial charge in [-0.05, 0) is 129 Å². The Labute approximate surface area is 289 Å². The van der Waals surface area contributed by atoms with Gasteiger partial charge in [0.1, 0.15) is 11.5 Å². The van der Waals surface area contributed by atoms with Crippen molar-refractivity contribution in [2.45, 2.75) is 0 Å². The molecule has 0 spiro atoms. The third kappa shape index (κ3) is 6.92. The Balaban J connectivity index is 1.17. The Kier molecular flexibility index (Phi) is 9.39. The van der Waals surface area contributed by atoms with E-state index in [1.54, 1.807) is 14.2 Å². The van der Waals surface area contributed by atoms with Crippen molar-refractivity contribution in [1.82, 2.24) is 0 Å². The standard InChI is InChI=1S/C42H34BrNO4/c1-45-27-47-41-21-11-33-23-31(3-5-35(33)25-41)29-7-15-38(16-8-29)44(40-19-13-37(43)14-20-40)39-17-9-30(10-18-39)32-4-6-36-26-42(48-28-46-2)22-12-34(36)24-32/h3-26H,27-28H2,1-2H3. The van der Waals surface area contributed by atoms with Crippen LogP contribution in [0.15, 0.2) is 150 Å². The third-order valence-electron chi connectivity index (χ3n) is 8.31. The van der Waals surface area contributed by atoms with Gasteiger partial charge in [0.2, 0.25) is 0 Å². The van der Waals surface area contributed by atoms with Crippen molar-refractivity contribution in [2.75, 3.05) is 32.7 Å². The molecular formula is C42H34BrNO4. The van der Waals surface area contributed by atoms with E-state index in [0.717, 1.165) is 76.8 Å². The molecule has 0 fully saturated rings. The number of fused-ring (bicyclic) bond motifs is 2. The second-order valence-corrected chi connectivity index (χ2v) is 12.4. The maximum atomic E-state index is 5.61. The predicted molar refractivity (Wildman–Crippen MR) is 200 cm³/mol. The number of anilines is 3. The summed E-state index contributed by atoms with van der Waals surface area (Å²) in [7, 11) is 3.24. The minimum Gasteiger partial charge on any atom is -0.468 e. The third-order valence-corrected chi connectivity index (χ3v) is 8.84. The van der Waals surface area contributed by atoms with Crippen LogP contribution in [0.25, 0.3) is 43.8 Å². The molecule has 7 aromatic rings. The van der Waals surface area contributed by atoms with Gasteiger partial charge in [0.05, 0.1) is 0 Å². The zero-order valence-electron chi connectivity index (χ0n) is 26.7. The van der Waals surface area contributed by atoms with Crippen molar-refractivity contribution in [2.24, 2.45) is 0 Å².